The van der Waals surface area contributed by atoms with E-state index in [1.54, 1.807) is 0 Å². The van der Waals surface area contributed by atoms with Gasteiger partial charge in [0.2, 0.25) is 0 Å². The fraction of sp³-hybridized carbons (Fsp3) is 0.286. The minimum atomic E-state index is -0.921. The first-order chi connectivity index (χ1) is 9.68. The summed E-state index contributed by atoms with van der Waals surface area (Å²) in [4.78, 5) is 25.9. The lowest BCUT2D eigenvalue weighted by atomic mass is 10.2. The fourth-order valence-corrected chi connectivity index (χ4v) is 3.40. The number of aliphatic carboxylic acids is 1. The minimum Gasteiger partial charge on any atom is -0.480 e. The number of carbonyl (C=O) groups is 2. The third kappa shape index (κ3) is 2.12. The van der Waals surface area contributed by atoms with E-state index in [4.69, 9.17) is 0 Å². The Bertz CT molecular complexity index is 633. The number of hydrogen-bond donors (Lipinski definition) is 1. The van der Waals surface area contributed by atoms with Crippen LogP contribution in [0.5, 0.6) is 0 Å². The van der Waals surface area contributed by atoms with Crippen molar-refractivity contribution in [2.24, 2.45) is 0 Å². The summed E-state index contributed by atoms with van der Waals surface area (Å²) >= 11 is 1.35. The first-order valence-corrected chi connectivity index (χ1v) is 7.31. The maximum atomic E-state index is 12.6. The van der Waals surface area contributed by atoms with Crippen LogP contribution in [-0.4, -0.2) is 39.0 Å². The molecule has 1 aliphatic rings. The van der Waals surface area contributed by atoms with Crippen LogP contribution in [0.3, 0.4) is 0 Å². The highest BCUT2D eigenvalue weighted by atomic mass is 32.1. The highest BCUT2D eigenvalue weighted by molar-refractivity contribution is 7.12. The largest absolute Gasteiger partial charge is 0.480 e. The molecule has 0 bridgehead atoms. The smallest absolute Gasteiger partial charge is 0.326 e. The highest BCUT2D eigenvalue weighted by Crippen LogP contribution is 2.27. The van der Waals surface area contributed by atoms with Crippen LogP contribution in [-0.2, 0) is 4.79 Å². The molecule has 2 aromatic rings. The van der Waals surface area contributed by atoms with Gasteiger partial charge in [-0.15, -0.1) is 11.3 Å². The Morgan fingerprint density at radius 1 is 1.30 bits per heavy atom. The van der Waals surface area contributed by atoms with Crippen LogP contribution in [0.15, 0.2) is 36.0 Å². The quantitative estimate of drug-likeness (QED) is 0.943. The number of carboxylic acid groups (broad SMARTS) is 1. The van der Waals surface area contributed by atoms with Crippen LogP contribution < -0.4 is 0 Å². The highest BCUT2D eigenvalue weighted by Gasteiger charge is 2.35. The number of carboxylic acids is 1. The standard InChI is InChI=1S/C14H14N2O3S/c17-13(16-8-3-4-11(16)14(18)19)12-10(5-9-20-12)15-6-1-2-7-15/h1-2,5-7,9,11H,3-4,8H2,(H,18,19)/t11-/m1/s1. The zero-order valence-electron chi connectivity index (χ0n) is 10.7. The van der Waals surface area contributed by atoms with Gasteiger partial charge in [0, 0.05) is 18.9 Å². The molecule has 0 aromatic carbocycles. The molecule has 1 N–H and O–H groups in total. The van der Waals surface area contributed by atoms with E-state index >= 15 is 0 Å². The minimum absolute atomic E-state index is 0.186. The topological polar surface area (TPSA) is 62.5 Å². The Morgan fingerprint density at radius 2 is 2.05 bits per heavy atom. The summed E-state index contributed by atoms with van der Waals surface area (Å²) in [5.74, 6) is -1.11. The van der Waals surface area contributed by atoms with E-state index in [9.17, 15) is 14.7 Å². The van der Waals surface area contributed by atoms with Crippen molar-refractivity contribution in [1.29, 1.82) is 0 Å². The third-order valence-corrected chi connectivity index (χ3v) is 4.41. The fourth-order valence-electron chi connectivity index (χ4n) is 2.56. The Kier molecular flexibility index (Phi) is 3.31. The molecule has 0 aliphatic carbocycles. The zero-order chi connectivity index (χ0) is 14.1. The van der Waals surface area contributed by atoms with Gasteiger partial charge in [-0.2, -0.15) is 0 Å². The Morgan fingerprint density at radius 3 is 2.75 bits per heavy atom. The molecular weight excluding hydrogens is 276 g/mol. The SMILES string of the molecule is O=C(O)[C@H]1CCCN1C(=O)c1sccc1-n1cccc1. The molecular formula is C14H14N2O3S. The van der Waals surface area contributed by atoms with E-state index in [0.29, 0.717) is 17.8 Å². The normalized spacial score (nSPS) is 18.4. The number of likely N-dealkylation sites (tertiary alicyclic amines) is 1. The van der Waals surface area contributed by atoms with Crippen molar-refractivity contribution in [2.45, 2.75) is 18.9 Å². The summed E-state index contributed by atoms with van der Waals surface area (Å²) in [7, 11) is 0. The molecule has 1 fully saturated rings. The molecule has 0 spiro atoms. The van der Waals surface area contributed by atoms with Gasteiger partial charge in [-0.05, 0) is 36.4 Å². The lowest BCUT2D eigenvalue weighted by Gasteiger charge is -2.21. The van der Waals surface area contributed by atoms with Crippen molar-refractivity contribution in [3.63, 3.8) is 0 Å². The van der Waals surface area contributed by atoms with Crippen molar-refractivity contribution < 1.29 is 14.7 Å². The van der Waals surface area contributed by atoms with Crippen molar-refractivity contribution >= 4 is 23.2 Å². The van der Waals surface area contributed by atoms with Crippen molar-refractivity contribution in [1.82, 2.24) is 9.47 Å². The summed E-state index contributed by atoms with van der Waals surface area (Å²) in [6.45, 7) is 0.513. The number of rotatable bonds is 3. The van der Waals surface area contributed by atoms with Gasteiger partial charge in [-0.25, -0.2) is 4.79 Å². The molecule has 20 heavy (non-hydrogen) atoms. The molecule has 2 aromatic heterocycles. The van der Waals surface area contributed by atoms with Crippen molar-refractivity contribution in [2.75, 3.05) is 6.54 Å². The number of aromatic nitrogens is 1. The predicted molar refractivity (Wildman–Crippen MR) is 75.3 cm³/mol. The summed E-state index contributed by atoms with van der Waals surface area (Å²) in [5, 5.41) is 11.0. The second-order valence-corrected chi connectivity index (χ2v) is 5.64. The molecule has 1 atom stereocenters. The summed E-state index contributed by atoms with van der Waals surface area (Å²) in [6.07, 6.45) is 5.02. The van der Waals surface area contributed by atoms with Crippen LogP contribution in [0.1, 0.15) is 22.5 Å². The molecule has 1 aliphatic heterocycles. The molecule has 104 valence electrons. The van der Waals surface area contributed by atoms with Crippen LogP contribution in [0.2, 0.25) is 0 Å². The van der Waals surface area contributed by atoms with E-state index in [1.807, 2.05) is 40.5 Å². The van der Waals surface area contributed by atoms with E-state index in [1.165, 1.54) is 16.2 Å². The lowest BCUT2D eigenvalue weighted by Crippen LogP contribution is -2.40. The molecule has 0 unspecified atom stereocenters. The third-order valence-electron chi connectivity index (χ3n) is 3.52. The first kappa shape index (κ1) is 12.9. The van der Waals surface area contributed by atoms with Gasteiger partial charge in [0.25, 0.3) is 5.91 Å². The molecule has 1 amide bonds. The van der Waals surface area contributed by atoms with E-state index < -0.39 is 12.0 Å². The zero-order valence-corrected chi connectivity index (χ0v) is 11.5. The number of thiophene rings is 1. The van der Waals surface area contributed by atoms with Crippen LogP contribution >= 0.6 is 11.3 Å². The molecule has 0 saturated carbocycles. The molecule has 0 radical (unpaired) electrons. The van der Waals surface area contributed by atoms with Gasteiger partial charge in [0.1, 0.15) is 10.9 Å². The van der Waals surface area contributed by atoms with Gasteiger partial charge in [0.15, 0.2) is 0 Å². The van der Waals surface area contributed by atoms with Gasteiger partial charge >= 0.3 is 5.97 Å². The van der Waals surface area contributed by atoms with Crippen LogP contribution in [0, 0.1) is 0 Å². The predicted octanol–water partition coefficient (Wildman–Crippen LogP) is 2.23. The van der Waals surface area contributed by atoms with Crippen molar-refractivity contribution in [3.05, 3.63) is 40.8 Å². The van der Waals surface area contributed by atoms with Crippen LogP contribution in [0.4, 0.5) is 0 Å². The van der Waals surface area contributed by atoms with E-state index in [2.05, 4.69) is 0 Å². The Labute approximate surface area is 120 Å². The maximum absolute atomic E-state index is 12.6. The van der Waals surface area contributed by atoms with E-state index in [-0.39, 0.29) is 5.91 Å². The van der Waals surface area contributed by atoms with Gasteiger partial charge in [-0.3, -0.25) is 4.79 Å². The molecule has 3 rings (SSSR count). The summed E-state index contributed by atoms with van der Waals surface area (Å²) in [6, 6.07) is 4.97. The summed E-state index contributed by atoms with van der Waals surface area (Å²) in [5.41, 5.74) is 0.807. The van der Waals surface area contributed by atoms with Gasteiger partial charge < -0.3 is 14.6 Å². The van der Waals surface area contributed by atoms with Gasteiger partial charge in [0.05, 0.1) is 5.69 Å². The lowest BCUT2D eigenvalue weighted by molar-refractivity contribution is -0.141. The molecule has 1 saturated heterocycles. The van der Waals surface area contributed by atoms with Crippen molar-refractivity contribution in [3.8, 4) is 5.69 Å². The molecule has 6 heteroatoms. The second kappa shape index (κ2) is 5.13. The van der Waals surface area contributed by atoms with Crippen LogP contribution in [0.25, 0.3) is 5.69 Å². The average Bonchev–Trinajstić information content (AvgIpc) is 3.17. The first-order valence-electron chi connectivity index (χ1n) is 6.43. The molecule has 3 heterocycles. The van der Waals surface area contributed by atoms with Gasteiger partial charge in [-0.1, -0.05) is 0 Å². The number of hydrogen-bond acceptors (Lipinski definition) is 3. The number of amides is 1. The van der Waals surface area contributed by atoms with E-state index in [0.717, 1.165) is 12.1 Å². The monoisotopic (exact) mass is 290 g/mol. The Hall–Kier alpha value is -2.08. The maximum Gasteiger partial charge on any atom is 0.326 e. The number of nitrogens with zero attached hydrogens (tertiary/aromatic N) is 2. The Balaban J connectivity index is 1.92. The summed E-state index contributed by atoms with van der Waals surface area (Å²) < 4.78 is 1.87. The second-order valence-electron chi connectivity index (χ2n) is 4.72. The average molecular weight is 290 g/mol. The molecule has 5 nitrogen and oxygen atoms in total. The number of carbonyl (C=O) groups excluding carboxylic acids is 1.